The molecule has 128 valence electrons. The van der Waals surface area contributed by atoms with E-state index < -0.39 is 9.84 Å². The highest BCUT2D eigenvalue weighted by atomic mass is 32.2. The fraction of sp³-hybridized carbons (Fsp3) is 0.211. The third-order valence-electron chi connectivity index (χ3n) is 3.89. The molecule has 0 fully saturated rings. The van der Waals surface area contributed by atoms with Gasteiger partial charge in [-0.1, -0.05) is 24.3 Å². The van der Waals surface area contributed by atoms with E-state index in [9.17, 15) is 8.42 Å². The summed E-state index contributed by atoms with van der Waals surface area (Å²) in [5.41, 5.74) is 1.20. The number of hydrogen-bond acceptors (Lipinski definition) is 5. The summed E-state index contributed by atoms with van der Waals surface area (Å²) in [5.74, 6) is 0.862. The van der Waals surface area contributed by atoms with Gasteiger partial charge in [-0.25, -0.2) is 8.42 Å². The van der Waals surface area contributed by atoms with E-state index in [2.05, 4.69) is 5.32 Å². The summed E-state index contributed by atoms with van der Waals surface area (Å²) in [6.07, 6.45) is 0.693. The van der Waals surface area contributed by atoms with E-state index in [-0.39, 0.29) is 10.6 Å². The zero-order valence-electron chi connectivity index (χ0n) is 13.6. The molecule has 5 nitrogen and oxygen atoms in total. The number of hydrogen-bond donors (Lipinski definition) is 1. The van der Waals surface area contributed by atoms with Crippen LogP contribution in [0.15, 0.2) is 63.9 Å². The molecule has 0 saturated carbocycles. The number of para-hydroxylation sites is 1. The van der Waals surface area contributed by atoms with Gasteiger partial charge in [0.25, 0.3) is 0 Å². The highest BCUT2D eigenvalue weighted by Crippen LogP contribution is 2.18. The van der Waals surface area contributed by atoms with Gasteiger partial charge in [-0.15, -0.1) is 0 Å². The Bertz CT molecular complexity index is 983. The Labute approximate surface area is 146 Å². The van der Waals surface area contributed by atoms with E-state index >= 15 is 0 Å². The van der Waals surface area contributed by atoms with Crippen LogP contribution >= 0.6 is 0 Å². The number of sulfone groups is 1. The van der Waals surface area contributed by atoms with Crippen LogP contribution in [0.5, 0.6) is 0 Å². The molecular weight excluding hydrogens is 336 g/mol. The molecule has 0 aliphatic heterocycles. The molecule has 1 heterocycles. The van der Waals surface area contributed by atoms with E-state index in [1.165, 1.54) is 12.1 Å². The van der Waals surface area contributed by atoms with Crippen molar-refractivity contribution in [1.29, 1.82) is 5.26 Å². The van der Waals surface area contributed by atoms with Crippen molar-refractivity contribution in [3.05, 3.63) is 65.9 Å². The molecule has 1 aromatic heterocycles. The molecule has 0 amide bonds. The van der Waals surface area contributed by atoms with Crippen LogP contribution in [-0.2, 0) is 16.3 Å². The minimum Gasteiger partial charge on any atom is -0.461 e. The maximum atomic E-state index is 12.3. The summed E-state index contributed by atoms with van der Waals surface area (Å²) in [5, 5.41) is 13.1. The van der Waals surface area contributed by atoms with Gasteiger partial charge in [0.1, 0.15) is 11.3 Å². The third-order valence-corrected chi connectivity index (χ3v) is 5.61. The Morgan fingerprint density at radius 3 is 2.68 bits per heavy atom. The van der Waals surface area contributed by atoms with Gasteiger partial charge in [0.15, 0.2) is 9.84 Å². The minimum absolute atomic E-state index is 0.0119. The van der Waals surface area contributed by atoms with Gasteiger partial charge in [-0.3, -0.25) is 0 Å². The molecule has 3 aromatic rings. The molecule has 0 saturated heterocycles. The first-order valence-corrected chi connectivity index (χ1v) is 9.65. The molecule has 0 radical (unpaired) electrons. The lowest BCUT2D eigenvalue weighted by molar-refractivity contribution is 0.535. The van der Waals surface area contributed by atoms with Crippen molar-refractivity contribution < 1.29 is 12.8 Å². The number of rotatable bonds is 7. The maximum Gasteiger partial charge on any atom is 0.179 e. The van der Waals surface area contributed by atoms with E-state index in [0.29, 0.717) is 25.1 Å². The molecule has 0 bridgehead atoms. The number of nitrogens with zero attached hydrogens (tertiary/aromatic N) is 1. The minimum atomic E-state index is -3.40. The highest BCUT2D eigenvalue weighted by Gasteiger charge is 2.14. The number of fused-ring (bicyclic) bond motifs is 1. The number of furan rings is 1. The maximum absolute atomic E-state index is 12.3. The topological polar surface area (TPSA) is 83.1 Å². The Kier molecular flexibility index (Phi) is 5.17. The van der Waals surface area contributed by atoms with E-state index in [4.69, 9.17) is 9.68 Å². The molecular formula is C19H18N2O3S. The van der Waals surface area contributed by atoms with Gasteiger partial charge in [0.2, 0.25) is 0 Å². The fourth-order valence-corrected chi connectivity index (χ4v) is 3.82. The second-order valence-corrected chi connectivity index (χ2v) is 7.82. The van der Waals surface area contributed by atoms with Crippen LogP contribution < -0.4 is 5.32 Å². The van der Waals surface area contributed by atoms with Gasteiger partial charge >= 0.3 is 0 Å². The Morgan fingerprint density at radius 2 is 1.88 bits per heavy atom. The lowest BCUT2D eigenvalue weighted by Gasteiger charge is -2.06. The summed E-state index contributed by atoms with van der Waals surface area (Å²) in [6.45, 7) is 0.979. The number of benzene rings is 2. The lowest BCUT2D eigenvalue weighted by Crippen LogP contribution is -2.25. The highest BCUT2D eigenvalue weighted by molar-refractivity contribution is 7.91. The SMILES string of the molecule is N#Cc1cccc(S(=O)(=O)CCNCCc2cc3ccccc3o2)c1. The summed E-state index contributed by atoms with van der Waals surface area (Å²) in [4.78, 5) is 0.186. The molecule has 1 N–H and O–H groups in total. The van der Waals surface area contributed by atoms with Crippen LogP contribution in [0.4, 0.5) is 0 Å². The van der Waals surface area contributed by atoms with Gasteiger partial charge in [-0.05, 0) is 30.3 Å². The molecule has 3 rings (SSSR count). The van der Waals surface area contributed by atoms with Crippen LogP contribution in [0.25, 0.3) is 11.0 Å². The van der Waals surface area contributed by atoms with Crippen LogP contribution in [-0.4, -0.2) is 27.3 Å². The van der Waals surface area contributed by atoms with Crippen molar-refractivity contribution in [3.63, 3.8) is 0 Å². The van der Waals surface area contributed by atoms with Crippen LogP contribution in [0, 0.1) is 11.3 Å². The van der Waals surface area contributed by atoms with Crippen LogP contribution in [0.1, 0.15) is 11.3 Å². The smallest absolute Gasteiger partial charge is 0.179 e. The van der Waals surface area contributed by atoms with Crippen molar-refractivity contribution >= 4 is 20.8 Å². The Balaban J connectivity index is 1.50. The van der Waals surface area contributed by atoms with Crippen molar-refractivity contribution in [2.45, 2.75) is 11.3 Å². The summed E-state index contributed by atoms with van der Waals surface area (Å²) in [7, 11) is -3.40. The van der Waals surface area contributed by atoms with Gasteiger partial charge in [0, 0.05) is 24.9 Å². The zero-order valence-corrected chi connectivity index (χ0v) is 14.4. The predicted octanol–water partition coefficient (Wildman–Crippen LogP) is 2.91. The van der Waals surface area contributed by atoms with E-state index in [0.717, 1.165) is 16.7 Å². The summed E-state index contributed by atoms with van der Waals surface area (Å²) < 4.78 is 30.3. The molecule has 0 atom stereocenters. The molecule has 0 spiro atoms. The predicted molar refractivity (Wildman–Crippen MR) is 96.0 cm³/mol. The van der Waals surface area contributed by atoms with Crippen molar-refractivity contribution in [2.24, 2.45) is 0 Å². The zero-order chi connectivity index (χ0) is 17.7. The van der Waals surface area contributed by atoms with E-state index in [1.807, 2.05) is 36.4 Å². The average Bonchev–Trinajstić information content (AvgIpc) is 3.04. The second kappa shape index (κ2) is 7.51. The van der Waals surface area contributed by atoms with Crippen LogP contribution in [0.2, 0.25) is 0 Å². The Hall–Kier alpha value is -2.62. The van der Waals surface area contributed by atoms with Crippen molar-refractivity contribution in [2.75, 3.05) is 18.8 Å². The number of nitriles is 1. The monoisotopic (exact) mass is 354 g/mol. The summed E-state index contributed by atoms with van der Waals surface area (Å²) in [6, 6.07) is 17.9. The largest absolute Gasteiger partial charge is 0.461 e. The molecule has 25 heavy (non-hydrogen) atoms. The van der Waals surface area contributed by atoms with Gasteiger partial charge in [-0.2, -0.15) is 5.26 Å². The molecule has 6 heteroatoms. The molecule has 0 aliphatic carbocycles. The van der Waals surface area contributed by atoms with Gasteiger partial charge < -0.3 is 9.73 Å². The van der Waals surface area contributed by atoms with Crippen molar-refractivity contribution in [3.8, 4) is 6.07 Å². The van der Waals surface area contributed by atoms with Crippen LogP contribution in [0.3, 0.4) is 0 Å². The first kappa shape index (κ1) is 17.2. The quantitative estimate of drug-likeness (QED) is 0.660. The summed E-state index contributed by atoms with van der Waals surface area (Å²) >= 11 is 0. The lowest BCUT2D eigenvalue weighted by atomic mass is 10.2. The molecule has 0 aliphatic rings. The first-order valence-electron chi connectivity index (χ1n) is 7.99. The normalized spacial score (nSPS) is 11.5. The first-order chi connectivity index (χ1) is 12.1. The fourth-order valence-electron chi connectivity index (χ4n) is 2.58. The molecule has 0 unspecified atom stereocenters. The third kappa shape index (κ3) is 4.27. The average molecular weight is 354 g/mol. The van der Waals surface area contributed by atoms with Crippen molar-refractivity contribution in [1.82, 2.24) is 5.32 Å². The molecule has 2 aromatic carbocycles. The Morgan fingerprint density at radius 1 is 1.04 bits per heavy atom. The van der Waals surface area contributed by atoms with E-state index in [1.54, 1.807) is 12.1 Å². The standard InChI is InChI=1S/C19H18N2O3S/c20-14-15-4-3-6-18(12-15)25(22,23)11-10-21-9-8-17-13-16-5-1-2-7-19(16)24-17/h1-7,12-13,21H,8-11H2. The second-order valence-electron chi connectivity index (χ2n) is 5.71. The number of nitrogens with one attached hydrogen (secondary N) is 1. The van der Waals surface area contributed by atoms with Gasteiger partial charge in [0.05, 0.1) is 22.3 Å².